The molecule has 0 radical (unpaired) electrons. The summed E-state index contributed by atoms with van der Waals surface area (Å²) in [4.78, 5) is 10.3. The first-order valence-electron chi connectivity index (χ1n) is 4.75. The summed E-state index contributed by atoms with van der Waals surface area (Å²) >= 11 is 0. The molecular formula is C10H11F2N3O2. The van der Waals surface area contributed by atoms with Gasteiger partial charge in [0.25, 0.3) is 0 Å². The van der Waals surface area contributed by atoms with Crippen molar-refractivity contribution < 1.29 is 18.3 Å². The minimum absolute atomic E-state index is 0.0244. The van der Waals surface area contributed by atoms with E-state index in [1.165, 1.54) is 6.07 Å². The maximum atomic E-state index is 13.6. The largest absolute Gasteiger partial charge is 0.488 e. The molecule has 1 aromatic carbocycles. The van der Waals surface area contributed by atoms with E-state index in [1.54, 1.807) is 6.92 Å². The molecule has 0 spiro atoms. The minimum atomic E-state index is -0.887. The SMILES string of the molecule is CCOc1c(F)ccc(C=NNC(N)=O)c1F. The van der Waals surface area contributed by atoms with E-state index in [9.17, 15) is 13.6 Å². The Hall–Kier alpha value is -2.18. The Morgan fingerprint density at radius 3 is 2.88 bits per heavy atom. The molecule has 0 aliphatic rings. The van der Waals surface area contributed by atoms with Crippen LogP contribution in [0.1, 0.15) is 12.5 Å². The van der Waals surface area contributed by atoms with Crippen LogP contribution >= 0.6 is 0 Å². The van der Waals surface area contributed by atoms with E-state index in [2.05, 4.69) is 5.10 Å². The smallest absolute Gasteiger partial charge is 0.332 e. The number of carbonyl (C=O) groups is 1. The summed E-state index contributed by atoms with van der Waals surface area (Å²) in [6, 6.07) is 1.33. The Morgan fingerprint density at radius 1 is 1.59 bits per heavy atom. The minimum Gasteiger partial charge on any atom is -0.488 e. The van der Waals surface area contributed by atoms with Crippen molar-refractivity contribution in [3.05, 3.63) is 29.3 Å². The van der Waals surface area contributed by atoms with E-state index >= 15 is 0 Å². The molecule has 3 N–H and O–H groups in total. The zero-order chi connectivity index (χ0) is 12.8. The highest BCUT2D eigenvalue weighted by Crippen LogP contribution is 2.23. The Balaban J connectivity index is 2.97. The number of urea groups is 1. The van der Waals surface area contributed by atoms with Crippen LogP contribution in [0.15, 0.2) is 17.2 Å². The number of ether oxygens (including phenoxy) is 1. The first-order chi connectivity index (χ1) is 8.06. The molecule has 0 fully saturated rings. The lowest BCUT2D eigenvalue weighted by molar-refractivity contribution is 0.249. The van der Waals surface area contributed by atoms with Crippen molar-refractivity contribution in [2.24, 2.45) is 10.8 Å². The van der Waals surface area contributed by atoms with E-state index < -0.39 is 23.4 Å². The molecule has 5 nitrogen and oxygen atoms in total. The highest BCUT2D eigenvalue weighted by molar-refractivity contribution is 5.82. The number of nitrogens with two attached hydrogens (primary N) is 1. The van der Waals surface area contributed by atoms with Gasteiger partial charge in [-0.25, -0.2) is 19.0 Å². The predicted octanol–water partition coefficient (Wildman–Crippen LogP) is 1.37. The molecule has 1 aromatic rings. The topological polar surface area (TPSA) is 76.7 Å². The lowest BCUT2D eigenvalue weighted by Gasteiger charge is -2.07. The number of hydrazone groups is 1. The van der Waals surface area contributed by atoms with E-state index in [0.29, 0.717) is 0 Å². The Morgan fingerprint density at radius 2 is 2.29 bits per heavy atom. The monoisotopic (exact) mass is 243 g/mol. The number of benzene rings is 1. The molecule has 0 unspecified atom stereocenters. The number of amides is 2. The van der Waals surface area contributed by atoms with Gasteiger partial charge in [-0.3, -0.25) is 0 Å². The number of rotatable bonds is 4. The van der Waals surface area contributed by atoms with Gasteiger partial charge in [-0.1, -0.05) is 0 Å². The third-order valence-corrected chi connectivity index (χ3v) is 1.75. The molecule has 1 rings (SSSR count). The highest BCUT2D eigenvalue weighted by Gasteiger charge is 2.13. The molecule has 0 aliphatic carbocycles. The van der Waals surface area contributed by atoms with Crippen LogP contribution in [0, 0.1) is 11.6 Å². The van der Waals surface area contributed by atoms with Gasteiger partial charge < -0.3 is 10.5 Å². The second kappa shape index (κ2) is 5.78. The van der Waals surface area contributed by atoms with Gasteiger partial charge >= 0.3 is 6.03 Å². The van der Waals surface area contributed by atoms with E-state index in [4.69, 9.17) is 10.5 Å². The fourth-order valence-electron chi connectivity index (χ4n) is 1.09. The van der Waals surface area contributed by atoms with Crippen LogP contribution in [0.2, 0.25) is 0 Å². The summed E-state index contributed by atoms with van der Waals surface area (Å²) in [5.74, 6) is -2.17. The van der Waals surface area contributed by atoms with E-state index in [0.717, 1.165) is 12.3 Å². The fraction of sp³-hybridized carbons (Fsp3) is 0.200. The Bertz CT molecular complexity index is 449. The van der Waals surface area contributed by atoms with Crippen molar-refractivity contribution in [2.45, 2.75) is 6.92 Å². The zero-order valence-corrected chi connectivity index (χ0v) is 9.04. The van der Waals surface area contributed by atoms with Crippen molar-refractivity contribution in [3.63, 3.8) is 0 Å². The lowest BCUT2D eigenvalue weighted by atomic mass is 10.2. The van der Waals surface area contributed by atoms with Crippen LogP contribution in [0.4, 0.5) is 13.6 Å². The molecule has 2 amide bonds. The number of nitrogens with zero attached hydrogens (tertiary/aromatic N) is 1. The lowest BCUT2D eigenvalue weighted by Crippen LogP contribution is -2.24. The van der Waals surface area contributed by atoms with Gasteiger partial charge in [0, 0.05) is 5.56 Å². The van der Waals surface area contributed by atoms with Gasteiger partial charge in [0.05, 0.1) is 12.8 Å². The van der Waals surface area contributed by atoms with Gasteiger partial charge in [-0.05, 0) is 19.1 Å². The second-order valence-corrected chi connectivity index (χ2v) is 2.95. The molecule has 0 bridgehead atoms. The molecule has 92 valence electrons. The van der Waals surface area contributed by atoms with Gasteiger partial charge in [-0.2, -0.15) is 5.10 Å². The summed E-state index contributed by atoms with van der Waals surface area (Å²) in [5.41, 5.74) is 6.62. The van der Waals surface area contributed by atoms with Gasteiger partial charge in [-0.15, -0.1) is 0 Å². The summed E-state index contributed by atoms with van der Waals surface area (Å²) in [7, 11) is 0. The second-order valence-electron chi connectivity index (χ2n) is 2.95. The maximum absolute atomic E-state index is 13.6. The highest BCUT2D eigenvalue weighted by atomic mass is 19.1. The average Bonchev–Trinajstić information content (AvgIpc) is 2.27. The molecular weight excluding hydrogens is 232 g/mol. The van der Waals surface area contributed by atoms with Crippen molar-refractivity contribution >= 4 is 12.2 Å². The maximum Gasteiger partial charge on any atom is 0.332 e. The third kappa shape index (κ3) is 3.40. The summed E-state index contributed by atoms with van der Waals surface area (Å²) in [5, 5.41) is 3.37. The Kier molecular flexibility index (Phi) is 4.38. The van der Waals surface area contributed by atoms with Crippen molar-refractivity contribution in [1.82, 2.24) is 5.43 Å². The van der Waals surface area contributed by atoms with Gasteiger partial charge in [0.15, 0.2) is 17.4 Å². The molecule has 0 saturated heterocycles. The fourth-order valence-corrected chi connectivity index (χ4v) is 1.09. The van der Waals surface area contributed by atoms with Crippen LogP contribution in [-0.2, 0) is 0 Å². The van der Waals surface area contributed by atoms with Crippen molar-refractivity contribution in [3.8, 4) is 5.75 Å². The van der Waals surface area contributed by atoms with Crippen LogP contribution in [-0.4, -0.2) is 18.9 Å². The Labute approximate surface area is 96.3 Å². The van der Waals surface area contributed by atoms with E-state index in [1.807, 2.05) is 5.43 Å². The van der Waals surface area contributed by atoms with Crippen LogP contribution in [0.25, 0.3) is 0 Å². The number of hydrogen-bond donors (Lipinski definition) is 2. The van der Waals surface area contributed by atoms with Crippen LogP contribution < -0.4 is 15.9 Å². The number of nitrogens with one attached hydrogen (secondary N) is 1. The van der Waals surface area contributed by atoms with Crippen LogP contribution in [0.3, 0.4) is 0 Å². The molecule has 0 aromatic heterocycles. The van der Waals surface area contributed by atoms with E-state index in [-0.39, 0.29) is 12.2 Å². The molecule has 7 heteroatoms. The number of halogens is 2. The summed E-state index contributed by atoms with van der Waals surface area (Å²) in [6.45, 7) is 1.74. The normalized spacial score (nSPS) is 10.5. The molecule has 0 saturated carbocycles. The quantitative estimate of drug-likeness (QED) is 0.618. The molecule has 0 aliphatic heterocycles. The molecule has 0 atom stereocenters. The van der Waals surface area contributed by atoms with Gasteiger partial charge in [0.2, 0.25) is 0 Å². The predicted molar refractivity (Wildman–Crippen MR) is 57.8 cm³/mol. The van der Waals surface area contributed by atoms with Crippen molar-refractivity contribution in [1.29, 1.82) is 0 Å². The number of hydrogen-bond acceptors (Lipinski definition) is 3. The van der Waals surface area contributed by atoms with Crippen molar-refractivity contribution in [2.75, 3.05) is 6.61 Å². The summed E-state index contributed by atoms with van der Waals surface area (Å²) < 4.78 is 31.6. The summed E-state index contributed by atoms with van der Waals surface area (Å²) in [6.07, 6.45) is 1.00. The number of primary amides is 1. The molecule has 17 heavy (non-hydrogen) atoms. The van der Waals surface area contributed by atoms with Crippen LogP contribution in [0.5, 0.6) is 5.75 Å². The zero-order valence-electron chi connectivity index (χ0n) is 9.04. The third-order valence-electron chi connectivity index (χ3n) is 1.75. The number of carbonyl (C=O) groups excluding carboxylic acids is 1. The average molecular weight is 243 g/mol. The molecule has 0 heterocycles. The first-order valence-corrected chi connectivity index (χ1v) is 4.75. The van der Waals surface area contributed by atoms with Gasteiger partial charge in [0.1, 0.15) is 0 Å². The first kappa shape index (κ1) is 12.9. The standard InChI is InChI=1S/C10H11F2N3O2/c1-2-17-9-7(11)4-3-6(8(9)12)5-14-15-10(13)16/h3-5H,2H2,1H3,(H3,13,15,16).